The van der Waals surface area contributed by atoms with Gasteiger partial charge in [-0.2, -0.15) is 0 Å². The Kier molecular flexibility index (Phi) is 3.57. The van der Waals surface area contributed by atoms with Crippen LogP contribution in [0.2, 0.25) is 5.02 Å². The fourth-order valence-electron chi connectivity index (χ4n) is 2.87. The molecule has 114 valence electrons. The van der Waals surface area contributed by atoms with E-state index in [1.165, 1.54) is 0 Å². The molecule has 0 saturated carbocycles. The Balaban J connectivity index is 2.13. The van der Waals surface area contributed by atoms with Gasteiger partial charge in [0.2, 0.25) is 0 Å². The number of carbonyl (C=O) groups excluding carboxylic acids is 1. The molecule has 1 aromatic heterocycles. The lowest BCUT2D eigenvalue weighted by Gasteiger charge is -2.39. The minimum absolute atomic E-state index is 0.0120. The third kappa shape index (κ3) is 2.33. The fourth-order valence-corrected chi connectivity index (χ4v) is 3.10. The molecule has 1 unspecified atom stereocenters. The highest BCUT2D eigenvalue weighted by atomic mass is 35.5. The highest BCUT2D eigenvalue weighted by molar-refractivity contribution is 6.31. The van der Waals surface area contributed by atoms with E-state index in [9.17, 15) is 4.79 Å². The summed E-state index contributed by atoms with van der Waals surface area (Å²) in [6.07, 6.45) is 3.18. The smallest absolute Gasteiger partial charge is 0.178 e. The van der Waals surface area contributed by atoms with Crippen LogP contribution >= 0.6 is 11.6 Å². The normalized spacial score (nSPS) is 19.3. The standard InChI is InChI=1S/C17H16ClNO3/c1-17(2)15(11-6-7-19-9-13(11)18)16(20)12-5-4-10(21-3)8-14(12)22-17/h4-9,15H,1-3H3. The van der Waals surface area contributed by atoms with Crippen molar-refractivity contribution in [3.8, 4) is 11.5 Å². The highest BCUT2D eigenvalue weighted by Gasteiger charge is 2.45. The van der Waals surface area contributed by atoms with Crippen molar-refractivity contribution in [2.75, 3.05) is 7.11 Å². The van der Waals surface area contributed by atoms with Crippen LogP contribution in [0.25, 0.3) is 0 Å². The van der Waals surface area contributed by atoms with Crippen molar-refractivity contribution >= 4 is 17.4 Å². The zero-order valence-electron chi connectivity index (χ0n) is 12.6. The SMILES string of the molecule is COc1ccc2c(c1)OC(C)(C)C(c1ccncc1Cl)C2=O. The molecule has 22 heavy (non-hydrogen) atoms. The van der Waals surface area contributed by atoms with Gasteiger partial charge in [-0.15, -0.1) is 0 Å². The van der Waals surface area contributed by atoms with Crippen LogP contribution in [0, 0.1) is 0 Å². The Hall–Kier alpha value is -2.07. The zero-order valence-corrected chi connectivity index (χ0v) is 13.3. The van der Waals surface area contributed by atoms with Gasteiger partial charge >= 0.3 is 0 Å². The molecule has 4 nitrogen and oxygen atoms in total. The predicted octanol–water partition coefficient (Wildman–Crippen LogP) is 3.88. The third-order valence-electron chi connectivity index (χ3n) is 3.90. The number of ether oxygens (including phenoxy) is 2. The van der Waals surface area contributed by atoms with Crippen molar-refractivity contribution in [1.29, 1.82) is 0 Å². The summed E-state index contributed by atoms with van der Waals surface area (Å²) in [4.78, 5) is 17.0. The van der Waals surface area contributed by atoms with E-state index >= 15 is 0 Å². The van der Waals surface area contributed by atoms with Crippen LogP contribution in [0.3, 0.4) is 0 Å². The molecule has 5 heteroatoms. The number of ketones is 1. The fraction of sp³-hybridized carbons (Fsp3) is 0.294. The summed E-state index contributed by atoms with van der Waals surface area (Å²) in [5.74, 6) is 0.699. The molecule has 0 fully saturated rings. The van der Waals surface area contributed by atoms with Gasteiger partial charge in [0.25, 0.3) is 0 Å². The molecule has 1 atom stereocenters. The van der Waals surface area contributed by atoms with E-state index < -0.39 is 11.5 Å². The van der Waals surface area contributed by atoms with Crippen LogP contribution in [0.1, 0.15) is 35.7 Å². The number of fused-ring (bicyclic) bond motifs is 1. The number of aromatic nitrogens is 1. The molecule has 0 radical (unpaired) electrons. The molecular weight excluding hydrogens is 302 g/mol. The average Bonchev–Trinajstić information content (AvgIpc) is 2.47. The van der Waals surface area contributed by atoms with E-state index in [4.69, 9.17) is 21.1 Å². The maximum absolute atomic E-state index is 13.0. The van der Waals surface area contributed by atoms with Crippen LogP contribution in [-0.4, -0.2) is 23.5 Å². The van der Waals surface area contributed by atoms with E-state index in [-0.39, 0.29) is 5.78 Å². The Morgan fingerprint density at radius 3 is 2.77 bits per heavy atom. The largest absolute Gasteiger partial charge is 0.497 e. The second-order valence-corrected chi connectivity index (χ2v) is 6.17. The summed E-state index contributed by atoms with van der Waals surface area (Å²) in [6.45, 7) is 3.77. The van der Waals surface area contributed by atoms with Gasteiger partial charge in [-0.25, -0.2) is 0 Å². The molecule has 2 aromatic rings. The zero-order chi connectivity index (χ0) is 15.9. The van der Waals surface area contributed by atoms with Crippen molar-refractivity contribution in [3.05, 3.63) is 52.8 Å². The monoisotopic (exact) mass is 317 g/mol. The van der Waals surface area contributed by atoms with E-state index in [1.54, 1.807) is 43.8 Å². The summed E-state index contributed by atoms with van der Waals surface area (Å²) in [5, 5.41) is 0.467. The van der Waals surface area contributed by atoms with E-state index in [0.29, 0.717) is 22.1 Å². The number of carbonyl (C=O) groups is 1. The van der Waals surface area contributed by atoms with E-state index in [0.717, 1.165) is 5.56 Å². The summed E-state index contributed by atoms with van der Waals surface area (Å²) in [6, 6.07) is 6.99. The van der Waals surface area contributed by atoms with Gasteiger partial charge in [0.05, 0.1) is 23.6 Å². The van der Waals surface area contributed by atoms with Crippen LogP contribution in [0.5, 0.6) is 11.5 Å². The third-order valence-corrected chi connectivity index (χ3v) is 4.22. The number of pyridine rings is 1. The molecule has 1 aliphatic heterocycles. The topological polar surface area (TPSA) is 48.4 Å². The number of methoxy groups -OCH3 is 1. The highest BCUT2D eigenvalue weighted by Crippen LogP contribution is 2.44. The lowest BCUT2D eigenvalue weighted by Crippen LogP contribution is -2.44. The predicted molar refractivity (Wildman–Crippen MR) is 84.0 cm³/mol. The van der Waals surface area contributed by atoms with Crippen molar-refractivity contribution in [2.45, 2.75) is 25.4 Å². The molecule has 2 heterocycles. The second-order valence-electron chi connectivity index (χ2n) is 5.76. The first-order chi connectivity index (χ1) is 10.4. The lowest BCUT2D eigenvalue weighted by atomic mass is 9.77. The molecule has 1 aromatic carbocycles. The number of hydrogen-bond donors (Lipinski definition) is 0. The number of hydrogen-bond acceptors (Lipinski definition) is 4. The molecule has 1 aliphatic rings. The van der Waals surface area contributed by atoms with E-state index in [2.05, 4.69) is 4.98 Å². The molecule has 0 bridgehead atoms. The maximum Gasteiger partial charge on any atom is 0.178 e. The minimum atomic E-state index is -0.721. The molecular formula is C17H16ClNO3. The van der Waals surface area contributed by atoms with Crippen molar-refractivity contribution < 1.29 is 14.3 Å². The Bertz CT molecular complexity index is 742. The maximum atomic E-state index is 13.0. The van der Waals surface area contributed by atoms with Crippen LogP contribution in [0.15, 0.2) is 36.7 Å². The van der Waals surface area contributed by atoms with Gasteiger partial charge in [-0.05, 0) is 37.6 Å². The van der Waals surface area contributed by atoms with E-state index in [1.807, 2.05) is 13.8 Å². The van der Waals surface area contributed by atoms with Crippen LogP contribution in [-0.2, 0) is 0 Å². The molecule has 0 amide bonds. The quantitative estimate of drug-likeness (QED) is 0.843. The van der Waals surface area contributed by atoms with Gasteiger partial charge in [0.1, 0.15) is 17.1 Å². The van der Waals surface area contributed by atoms with Crippen molar-refractivity contribution in [3.63, 3.8) is 0 Å². The Morgan fingerprint density at radius 1 is 1.32 bits per heavy atom. The number of halogens is 1. The van der Waals surface area contributed by atoms with Gasteiger partial charge in [-0.3, -0.25) is 9.78 Å². The first-order valence-corrected chi connectivity index (χ1v) is 7.32. The molecule has 0 N–H and O–H groups in total. The first-order valence-electron chi connectivity index (χ1n) is 6.94. The van der Waals surface area contributed by atoms with Crippen LogP contribution in [0.4, 0.5) is 0 Å². The van der Waals surface area contributed by atoms with Gasteiger partial charge in [-0.1, -0.05) is 11.6 Å². The number of Topliss-reactive ketones (excluding diaryl/α,β-unsaturated/α-hetero) is 1. The van der Waals surface area contributed by atoms with Crippen molar-refractivity contribution in [2.24, 2.45) is 0 Å². The minimum Gasteiger partial charge on any atom is -0.497 e. The van der Waals surface area contributed by atoms with Gasteiger partial charge in [0.15, 0.2) is 5.78 Å². The summed E-state index contributed by atoms with van der Waals surface area (Å²) in [7, 11) is 1.58. The first kappa shape index (κ1) is 14.9. The number of nitrogens with zero attached hydrogens (tertiary/aromatic N) is 1. The van der Waals surface area contributed by atoms with Gasteiger partial charge < -0.3 is 9.47 Å². The molecule has 0 aliphatic carbocycles. The number of rotatable bonds is 2. The van der Waals surface area contributed by atoms with Crippen LogP contribution < -0.4 is 9.47 Å². The second kappa shape index (κ2) is 5.29. The summed E-state index contributed by atoms with van der Waals surface area (Å²) in [5.41, 5.74) is 0.549. The lowest BCUT2D eigenvalue weighted by molar-refractivity contribution is 0.0483. The van der Waals surface area contributed by atoms with Crippen molar-refractivity contribution in [1.82, 2.24) is 4.98 Å². The molecule has 0 spiro atoms. The van der Waals surface area contributed by atoms with Gasteiger partial charge in [0, 0.05) is 18.5 Å². The summed E-state index contributed by atoms with van der Waals surface area (Å²) < 4.78 is 11.3. The molecule has 0 saturated heterocycles. The summed E-state index contributed by atoms with van der Waals surface area (Å²) >= 11 is 6.23. The number of benzene rings is 1. The average molecular weight is 318 g/mol. The molecule has 3 rings (SSSR count). The Morgan fingerprint density at radius 2 is 2.09 bits per heavy atom. The Labute approximate surface area is 134 Å².